The third kappa shape index (κ3) is 6.37. The van der Waals surface area contributed by atoms with Gasteiger partial charge in [0, 0.05) is 6.42 Å². The molecule has 2 rings (SSSR count). The molecule has 2 heterocycles. The van der Waals surface area contributed by atoms with Crippen molar-refractivity contribution < 1.29 is 18.1 Å². The highest BCUT2D eigenvalue weighted by Crippen LogP contribution is 2.56. The summed E-state index contributed by atoms with van der Waals surface area (Å²) >= 11 is 0. The third-order valence-electron chi connectivity index (χ3n) is 4.00. The molecule has 0 aliphatic carbocycles. The summed E-state index contributed by atoms with van der Waals surface area (Å²) in [6.07, 6.45) is 18.6. The van der Waals surface area contributed by atoms with E-state index in [0.717, 1.165) is 6.42 Å². The average Bonchev–Trinajstić information content (AvgIpc) is 2.63. The van der Waals surface area contributed by atoms with Crippen LogP contribution in [0.3, 0.4) is 0 Å². The van der Waals surface area contributed by atoms with Gasteiger partial charge in [0.25, 0.3) is 0 Å². The molecule has 0 aromatic rings. The Morgan fingerprint density at radius 1 is 1.14 bits per heavy atom. The first-order valence-electron chi connectivity index (χ1n) is 8.66. The molecule has 0 saturated carbocycles. The molecule has 2 aliphatic rings. The molecule has 1 unspecified atom stereocenters. The molecule has 22 heavy (non-hydrogen) atoms. The van der Waals surface area contributed by atoms with Crippen LogP contribution in [0.4, 0.5) is 0 Å². The van der Waals surface area contributed by atoms with Gasteiger partial charge in [0.1, 0.15) is 0 Å². The molecule has 4 nitrogen and oxygen atoms in total. The molecule has 0 radical (unpaired) electrons. The highest BCUT2D eigenvalue weighted by atomic mass is 31.2. The van der Waals surface area contributed by atoms with Crippen molar-refractivity contribution in [3.63, 3.8) is 0 Å². The van der Waals surface area contributed by atoms with Gasteiger partial charge in [-0.25, -0.2) is 4.57 Å². The van der Waals surface area contributed by atoms with E-state index in [0.29, 0.717) is 13.0 Å². The van der Waals surface area contributed by atoms with E-state index >= 15 is 0 Å². The van der Waals surface area contributed by atoms with Crippen molar-refractivity contribution in [2.45, 2.75) is 76.9 Å². The molecule has 3 atom stereocenters. The first-order chi connectivity index (χ1) is 10.7. The van der Waals surface area contributed by atoms with Gasteiger partial charge < -0.3 is 0 Å². The van der Waals surface area contributed by atoms with Gasteiger partial charge >= 0.3 is 7.82 Å². The number of allylic oxidation sites excluding steroid dienone is 1. The first kappa shape index (κ1) is 17.9. The molecular weight excluding hydrogens is 299 g/mol. The van der Waals surface area contributed by atoms with Gasteiger partial charge in [0.15, 0.2) is 0 Å². The van der Waals surface area contributed by atoms with Gasteiger partial charge in [-0.3, -0.25) is 13.6 Å². The maximum absolute atomic E-state index is 12.2. The summed E-state index contributed by atoms with van der Waals surface area (Å²) in [7, 11) is -3.35. The van der Waals surface area contributed by atoms with Gasteiger partial charge in [0.05, 0.1) is 18.8 Å². The standard InChI is InChI=1S/C17H29O4P/c1-2-3-4-5-6-7-8-9-10-12-16-15-17-13-11-14-19-22(18,20-16)21-17/h10-13,16-17H,2-9,14-15H2,1H3/b12-10+/t16-,17-,22?/m1/s1. The Hall–Kier alpha value is -0.410. The van der Waals surface area contributed by atoms with E-state index in [-0.39, 0.29) is 12.2 Å². The zero-order valence-corrected chi connectivity index (χ0v) is 14.5. The Morgan fingerprint density at radius 2 is 1.91 bits per heavy atom. The van der Waals surface area contributed by atoms with Crippen LogP contribution in [0.25, 0.3) is 0 Å². The largest absolute Gasteiger partial charge is 0.476 e. The van der Waals surface area contributed by atoms with Crippen molar-refractivity contribution in [3.05, 3.63) is 24.3 Å². The molecular formula is C17H29O4P. The topological polar surface area (TPSA) is 44.8 Å². The van der Waals surface area contributed by atoms with Crippen molar-refractivity contribution in [2.24, 2.45) is 0 Å². The van der Waals surface area contributed by atoms with Crippen LogP contribution in [0.2, 0.25) is 0 Å². The SMILES string of the molecule is CCCCCCCCC/C=C/[C@@H]1C[C@H]2C=CCOP(=O)(O2)O1. The predicted octanol–water partition coefficient (Wildman–Crippen LogP) is 5.55. The summed E-state index contributed by atoms with van der Waals surface area (Å²) < 4.78 is 28.2. The Labute approximate surface area is 134 Å². The fourth-order valence-corrected chi connectivity index (χ4v) is 4.18. The van der Waals surface area contributed by atoms with E-state index in [4.69, 9.17) is 13.6 Å². The monoisotopic (exact) mass is 328 g/mol. The minimum atomic E-state index is -3.35. The Balaban J connectivity index is 1.62. The van der Waals surface area contributed by atoms with E-state index in [1.54, 1.807) is 0 Å². The molecule has 2 aliphatic heterocycles. The summed E-state index contributed by atoms with van der Waals surface area (Å²) in [5.41, 5.74) is 0. The lowest BCUT2D eigenvalue weighted by Crippen LogP contribution is -2.25. The fourth-order valence-electron chi connectivity index (χ4n) is 2.77. The van der Waals surface area contributed by atoms with E-state index < -0.39 is 7.82 Å². The summed E-state index contributed by atoms with van der Waals surface area (Å²) in [6.45, 7) is 2.54. The lowest BCUT2D eigenvalue weighted by molar-refractivity contribution is 0.0315. The average molecular weight is 328 g/mol. The van der Waals surface area contributed by atoms with Crippen LogP contribution < -0.4 is 0 Å². The molecule has 0 N–H and O–H groups in total. The second-order valence-corrected chi connectivity index (χ2v) is 7.61. The molecule has 126 valence electrons. The molecule has 0 amide bonds. The normalized spacial score (nSPS) is 31.5. The van der Waals surface area contributed by atoms with E-state index in [1.165, 1.54) is 44.9 Å². The summed E-state index contributed by atoms with van der Waals surface area (Å²) in [5.74, 6) is 0. The predicted molar refractivity (Wildman–Crippen MR) is 88.8 cm³/mol. The van der Waals surface area contributed by atoms with Crippen molar-refractivity contribution >= 4 is 7.82 Å². The smallest absolute Gasteiger partial charge is 0.283 e. The van der Waals surface area contributed by atoms with Crippen molar-refractivity contribution in [1.82, 2.24) is 0 Å². The molecule has 0 spiro atoms. The first-order valence-corrected chi connectivity index (χ1v) is 10.1. The highest BCUT2D eigenvalue weighted by molar-refractivity contribution is 7.48. The van der Waals surface area contributed by atoms with Crippen LogP contribution in [0.1, 0.15) is 64.7 Å². The van der Waals surface area contributed by atoms with Gasteiger partial charge in [-0.05, 0) is 12.8 Å². The lowest BCUT2D eigenvalue weighted by atomic mass is 10.1. The molecule has 1 fully saturated rings. The minimum absolute atomic E-state index is 0.157. The summed E-state index contributed by atoms with van der Waals surface area (Å²) in [6, 6.07) is 0. The summed E-state index contributed by atoms with van der Waals surface area (Å²) in [4.78, 5) is 0. The Kier molecular flexibility index (Phi) is 7.88. The fraction of sp³-hybridized carbons (Fsp3) is 0.765. The third-order valence-corrected chi connectivity index (χ3v) is 5.52. The van der Waals surface area contributed by atoms with Crippen molar-refractivity contribution in [3.8, 4) is 0 Å². The van der Waals surface area contributed by atoms with Crippen molar-refractivity contribution in [2.75, 3.05) is 6.61 Å². The summed E-state index contributed by atoms with van der Waals surface area (Å²) in [5, 5.41) is 0. The number of unbranched alkanes of at least 4 members (excludes halogenated alkanes) is 7. The minimum Gasteiger partial charge on any atom is -0.283 e. The van der Waals surface area contributed by atoms with Crippen molar-refractivity contribution in [1.29, 1.82) is 0 Å². The number of phosphoric ester groups is 1. The van der Waals surface area contributed by atoms with Crippen LogP contribution in [-0.4, -0.2) is 18.8 Å². The molecule has 0 aromatic heterocycles. The molecule has 0 aromatic carbocycles. The van der Waals surface area contributed by atoms with Crippen LogP contribution >= 0.6 is 7.82 Å². The zero-order valence-electron chi connectivity index (χ0n) is 13.6. The maximum Gasteiger partial charge on any atom is 0.476 e. The van der Waals surface area contributed by atoms with E-state index in [2.05, 4.69) is 13.0 Å². The number of fused-ring (bicyclic) bond motifs is 2. The van der Waals surface area contributed by atoms with Gasteiger partial charge in [0.2, 0.25) is 0 Å². The van der Waals surface area contributed by atoms with E-state index in [1.807, 2.05) is 18.2 Å². The number of rotatable bonds is 9. The Bertz CT molecular complexity index is 419. The zero-order chi connectivity index (χ0) is 15.7. The number of phosphoric acid groups is 1. The quantitative estimate of drug-likeness (QED) is 0.316. The highest BCUT2D eigenvalue weighted by Gasteiger charge is 2.39. The molecule has 1 saturated heterocycles. The van der Waals surface area contributed by atoms with Crippen LogP contribution in [0.15, 0.2) is 24.3 Å². The lowest BCUT2D eigenvalue weighted by Gasteiger charge is -2.29. The van der Waals surface area contributed by atoms with Gasteiger partial charge in [-0.15, -0.1) is 0 Å². The van der Waals surface area contributed by atoms with Gasteiger partial charge in [-0.2, -0.15) is 0 Å². The Morgan fingerprint density at radius 3 is 2.73 bits per heavy atom. The van der Waals surface area contributed by atoms with Crippen LogP contribution in [0.5, 0.6) is 0 Å². The number of hydrogen-bond donors (Lipinski definition) is 0. The van der Waals surface area contributed by atoms with Crippen LogP contribution in [-0.2, 0) is 18.1 Å². The maximum atomic E-state index is 12.2. The molecule has 5 heteroatoms. The molecule has 2 bridgehead atoms. The van der Waals surface area contributed by atoms with Crippen LogP contribution in [0, 0.1) is 0 Å². The second kappa shape index (κ2) is 9.67. The number of hydrogen-bond acceptors (Lipinski definition) is 4. The van der Waals surface area contributed by atoms with Gasteiger partial charge in [-0.1, -0.05) is 69.8 Å². The second-order valence-electron chi connectivity index (χ2n) is 6.03. The van der Waals surface area contributed by atoms with E-state index in [9.17, 15) is 4.57 Å².